The third-order valence-electron chi connectivity index (χ3n) is 5.85. The average Bonchev–Trinajstić information content (AvgIpc) is 3.59. The number of rotatable bonds is 8. The maximum atomic E-state index is 12.6. The molecule has 174 valence electrons. The van der Waals surface area contributed by atoms with Crippen LogP contribution in [0.3, 0.4) is 0 Å². The molecule has 5 rings (SSSR count). The van der Waals surface area contributed by atoms with Crippen molar-refractivity contribution in [3.8, 4) is 11.8 Å². The molecule has 2 heterocycles. The lowest BCUT2D eigenvalue weighted by molar-refractivity contribution is -0.189. The summed E-state index contributed by atoms with van der Waals surface area (Å²) in [5.74, 6) is -0.408. The molecule has 1 aromatic heterocycles. The minimum Gasteiger partial charge on any atom is -0.491 e. The van der Waals surface area contributed by atoms with E-state index in [0.717, 1.165) is 5.56 Å². The van der Waals surface area contributed by atoms with Crippen molar-refractivity contribution in [1.82, 2.24) is 9.55 Å². The number of hydrogen-bond donors (Lipinski definition) is 0. The Bertz CT molecular complexity index is 1310. The van der Waals surface area contributed by atoms with Crippen molar-refractivity contribution >= 4 is 5.78 Å². The highest BCUT2D eigenvalue weighted by Gasteiger charge is 2.44. The van der Waals surface area contributed by atoms with E-state index in [0.29, 0.717) is 35.6 Å². The molecule has 1 saturated heterocycles. The second kappa shape index (κ2) is 9.94. The van der Waals surface area contributed by atoms with Gasteiger partial charge >= 0.3 is 0 Å². The Morgan fingerprint density at radius 1 is 1.06 bits per heavy atom. The lowest BCUT2D eigenvalue weighted by Crippen LogP contribution is -2.34. The highest BCUT2D eigenvalue weighted by molar-refractivity contribution is 6.08. The van der Waals surface area contributed by atoms with Gasteiger partial charge in [0, 0.05) is 29.1 Å². The van der Waals surface area contributed by atoms with Crippen molar-refractivity contribution in [3.63, 3.8) is 0 Å². The molecule has 0 spiro atoms. The van der Waals surface area contributed by atoms with Crippen molar-refractivity contribution in [3.05, 3.63) is 120 Å². The van der Waals surface area contributed by atoms with Crippen molar-refractivity contribution in [2.75, 3.05) is 13.2 Å². The summed E-state index contributed by atoms with van der Waals surface area (Å²) in [6, 6.07) is 25.6. The molecule has 0 N–H and O–H groups in total. The van der Waals surface area contributed by atoms with Crippen LogP contribution in [0.15, 0.2) is 97.6 Å². The first-order chi connectivity index (χ1) is 17.1. The van der Waals surface area contributed by atoms with Crippen LogP contribution in [0.2, 0.25) is 0 Å². The highest BCUT2D eigenvalue weighted by Crippen LogP contribution is 2.36. The Hall–Kier alpha value is -4.25. The van der Waals surface area contributed by atoms with Gasteiger partial charge in [0.2, 0.25) is 5.79 Å². The normalized spacial score (nSPS) is 19.2. The number of carbonyl (C=O) groups is 1. The van der Waals surface area contributed by atoms with Gasteiger partial charge < -0.3 is 18.8 Å². The van der Waals surface area contributed by atoms with Crippen molar-refractivity contribution in [1.29, 1.82) is 5.26 Å². The van der Waals surface area contributed by atoms with Crippen molar-refractivity contribution in [2.45, 2.75) is 18.4 Å². The van der Waals surface area contributed by atoms with Gasteiger partial charge in [-0.15, -0.1) is 0 Å². The zero-order valence-corrected chi connectivity index (χ0v) is 18.9. The first-order valence-electron chi connectivity index (χ1n) is 11.3. The van der Waals surface area contributed by atoms with Crippen LogP contribution >= 0.6 is 0 Å². The van der Waals surface area contributed by atoms with E-state index < -0.39 is 5.79 Å². The number of nitriles is 1. The standard InChI is InChI=1S/C28H23N3O4/c29-16-21-6-10-24(11-7-21)28(19-31-15-14-30-20-31)34-18-26(35-28)17-33-25-12-8-23(9-13-25)27(32)22-4-2-1-3-5-22/h1-15,20,26H,17-19H2. The van der Waals surface area contributed by atoms with E-state index in [1.165, 1.54) is 0 Å². The summed E-state index contributed by atoms with van der Waals surface area (Å²) in [5.41, 5.74) is 2.63. The molecule has 0 saturated carbocycles. The molecule has 7 nitrogen and oxygen atoms in total. The van der Waals surface area contributed by atoms with Crippen LogP contribution in [-0.4, -0.2) is 34.7 Å². The van der Waals surface area contributed by atoms with Crippen molar-refractivity contribution in [2.24, 2.45) is 0 Å². The van der Waals surface area contributed by atoms with Gasteiger partial charge in [0.1, 0.15) is 18.5 Å². The van der Waals surface area contributed by atoms with Gasteiger partial charge in [-0.3, -0.25) is 4.79 Å². The van der Waals surface area contributed by atoms with Gasteiger partial charge in [-0.2, -0.15) is 5.26 Å². The lowest BCUT2D eigenvalue weighted by atomic mass is 10.0. The number of carbonyl (C=O) groups excluding carboxylic acids is 1. The second-order valence-electron chi connectivity index (χ2n) is 8.26. The van der Waals surface area contributed by atoms with E-state index in [-0.39, 0.29) is 18.5 Å². The summed E-state index contributed by atoms with van der Waals surface area (Å²) in [5, 5.41) is 9.13. The Balaban J connectivity index is 1.25. The molecule has 1 aliphatic heterocycles. The molecular formula is C28H23N3O4. The van der Waals surface area contributed by atoms with Gasteiger partial charge in [-0.25, -0.2) is 4.98 Å². The van der Waals surface area contributed by atoms with Crippen LogP contribution in [-0.2, 0) is 21.8 Å². The number of imidazole rings is 1. The molecule has 0 amide bonds. The molecule has 2 unspecified atom stereocenters. The van der Waals surface area contributed by atoms with Gasteiger partial charge in [0.15, 0.2) is 5.78 Å². The Morgan fingerprint density at radius 3 is 2.49 bits per heavy atom. The van der Waals surface area contributed by atoms with Gasteiger partial charge in [0.05, 0.1) is 31.1 Å². The van der Waals surface area contributed by atoms with Gasteiger partial charge in [-0.05, 0) is 36.4 Å². The van der Waals surface area contributed by atoms with E-state index >= 15 is 0 Å². The zero-order valence-electron chi connectivity index (χ0n) is 18.9. The number of ketones is 1. The van der Waals surface area contributed by atoms with Crippen molar-refractivity contribution < 1.29 is 19.0 Å². The monoisotopic (exact) mass is 465 g/mol. The third kappa shape index (κ3) is 4.99. The second-order valence-corrected chi connectivity index (χ2v) is 8.26. The largest absolute Gasteiger partial charge is 0.491 e. The van der Waals surface area contributed by atoms with E-state index in [9.17, 15) is 4.79 Å². The van der Waals surface area contributed by atoms with Gasteiger partial charge in [0.25, 0.3) is 0 Å². The number of ether oxygens (including phenoxy) is 3. The van der Waals surface area contributed by atoms with Crippen LogP contribution < -0.4 is 4.74 Å². The van der Waals surface area contributed by atoms with E-state index in [2.05, 4.69) is 11.1 Å². The van der Waals surface area contributed by atoms with E-state index in [1.54, 1.807) is 61.1 Å². The Labute approximate surface area is 203 Å². The molecule has 4 aromatic rings. The summed E-state index contributed by atoms with van der Waals surface area (Å²) in [6.07, 6.45) is 4.95. The molecule has 7 heteroatoms. The number of nitrogens with zero attached hydrogens (tertiary/aromatic N) is 3. The first kappa shape index (κ1) is 22.5. The fourth-order valence-electron chi connectivity index (χ4n) is 4.04. The summed E-state index contributed by atoms with van der Waals surface area (Å²) < 4.78 is 20.4. The minimum atomic E-state index is -1.02. The predicted octanol–water partition coefficient (Wildman–Crippen LogP) is 4.33. The van der Waals surface area contributed by atoms with Gasteiger partial charge in [-0.1, -0.05) is 42.5 Å². The maximum absolute atomic E-state index is 12.6. The van der Waals surface area contributed by atoms with E-state index in [4.69, 9.17) is 19.5 Å². The highest BCUT2D eigenvalue weighted by atomic mass is 16.8. The van der Waals surface area contributed by atoms with Crippen LogP contribution in [0.25, 0.3) is 0 Å². The molecule has 0 radical (unpaired) electrons. The topological polar surface area (TPSA) is 86.4 Å². The Morgan fingerprint density at radius 2 is 1.80 bits per heavy atom. The zero-order chi connectivity index (χ0) is 24.1. The van der Waals surface area contributed by atoms with E-state index in [1.807, 2.05) is 41.1 Å². The molecule has 1 fully saturated rings. The first-order valence-corrected chi connectivity index (χ1v) is 11.3. The average molecular weight is 466 g/mol. The SMILES string of the molecule is N#Cc1ccc(C2(Cn3ccnc3)OCC(COc3ccc(C(=O)c4ccccc4)cc3)O2)cc1. The van der Waals surface area contributed by atoms with Crippen LogP contribution in [0.4, 0.5) is 0 Å². The predicted molar refractivity (Wildman–Crippen MR) is 128 cm³/mol. The molecule has 0 aliphatic carbocycles. The molecular weight excluding hydrogens is 442 g/mol. The maximum Gasteiger partial charge on any atom is 0.214 e. The summed E-state index contributed by atoms with van der Waals surface area (Å²) in [7, 11) is 0. The lowest BCUT2D eigenvalue weighted by Gasteiger charge is -2.29. The quantitative estimate of drug-likeness (QED) is 0.360. The molecule has 0 bridgehead atoms. The number of hydrogen-bond acceptors (Lipinski definition) is 6. The fourth-order valence-corrected chi connectivity index (χ4v) is 4.04. The summed E-state index contributed by atoms with van der Waals surface area (Å²) >= 11 is 0. The third-order valence-corrected chi connectivity index (χ3v) is 5.85. The minimum absolute atomic E-state index is 0.0311. The van der Waals surface area contributed by atoms with Crippen LogP contribution in [0.1, 0.15) is 27.0 Å². The molecule has 1 aliphatic rings. The molecule has 35 heavy (non-hydrogen) atoms. The summed E-state index contributed by atoms with van der Waals surface area (Å²) in [4.78, 5) is 16.7. The molecule has 2 atom stereocenters. The molecule has 3 aromatic carbocycles. The fraction of sp³-hybridized carbons (Fsp3) is 0.179. The smallest absolute Gasteiger partial charge is 0.214 e. The Kier molecular flexibility index (Phi) is 6.40. The number of benzene rings is 3. The summed E-state index contributed by atoms with van der Waals surface area (Å²) in [6.45, 7) is 1.04. The van der Waals surface area contributed by atoms with Crippen LogP contribution in [0.5, 0.6) is 5.75 Å². The number of aromatic nitrogens is 2. The van der Waals surface area contributed by atoms with Crippen LogP contribution in [0, 0.1) is 11.3 Å².